The molecule has 1 fully saturated rings. The Morgan fingerprint density at radius 3 is 2.31 bits per heavy atom. The summed E-state index contributed by atoms with van der Waals surface area (Å²) in [5.74, 6) is 0. The molecule has 0 aliphatic heterocycles. The number of rotatable bonds is 6. The van der Waals surface area contributed by atoms with Gasteiger partial charge in [0.05, 0.1) is 0 Å². The van der Waals surface area contributed by atoms with Gasteiger partial charge in [-0.05, 0) is 33.1 Å². The molecule has 0 saturated heterocycles. The maximum atomic E-state index is 9.63. The Kier molecular flexibility index (Phi) is 5.26. The summed E-state index contributed by atoms with van der Waals surface area (Å²) in [6.07, 6.45) is 8.73. The molecule has 1 aliphatic rings. The van der Waals surface area contributed by atoms with Crippen LogP contribution in [0, 0.1) is 5.41 Å². The molecule has 2 nitrogen and oxygen atoms in total. The van der Waals surface area contributed by atoms with E-state index >= 15 is 0 Å². The van der Waals surface area contributed by atoms with Gasteiger partial charge in [0.25, 0.3) is 0 Å². The third-order valence-electron chi connectivity index (χ3n) is 4.07. The van der Waals surface area contributed by atoms with Gasteiger partial charge in [-0.2, -0.15) is 0 Å². The van der Waals surface area contributed by atoms with Crippen molar-refractivity contribution in [2.45, 2.75) is 71.3 Å². The number of nitrogens with one attached hydrogen (secondary N) is 1. The lowest BCUT2D eigenvalue weighted by atomic mass is 9.74. The van der Waals surface area contributed by atoms with Crippen LogP contribution < -0.4 is 5.32 Å². The Hall–Kier alpha value is -0.0800. The molecule has 0 bridgehead atoms. The van der Waals surface area contributed by atoms with E-state index in [0.29, 0.717) is 6.61 Å². The molecular formula is C14H29NO. The average molecular weight is 227 g/mol. The second-order valence-corrected chi connectivity index (χ2v) is 6.21. The largest absolute Gasteiger partial charge is 0.396 e. The average Bonchev–Trinajstić information content (AvgIpc) is 2.28. The normalized spacial score (nSPS) is 21.0. The molecule has 2 N–H and O–H groups in total. The Balaban J connectivity index is 2.44. The van der Waals surface area contributed by atoms with Gasteiger partial charge >= 0.3 is 0 Å². The fourth-order valence-corrected chi connectivity index (χ4v) is 2.83. The van der Waals surface area contributed by atoms with Gasteiger partial charge in [-0.15, -0.1) is 0 Å². The van der Waals surface area contributed by atoms with E-state index in [4.69, 9.17) is 0 Å². The summed E-state index contributed by atoms with van der Waals surface area (Å²) in [5.41, 5.74) is 0.387. The zero-order chi connectivity index (χ0) is 12.1. The third-order valence-corrected chi connectivity index (χ3v) is 4.07. The molecule has 1 aliphatic carbocycles. The number of aliphatic hydroxyl groups is 1. The van der Waals surface area contributed by atoms with Gasteiger partial charge < -0.3 is 10.4 Å². The van der Waals surface area contributed by atoms with Crippen molar-refractivity contribution in [3.63, 3.8) is 0 Å². The molecule has 0 atom stereocenters. The minimum absolute atomic E-state index is 0.170. The van der Waals surface area contributed by atoms with Crippen molar-refractivity contribution in [1.29, 1.82) is 0 Å². The third kappa shape index (κ3) is 4.06. The molecule has 2 heteroatoms. The van der Waals surface area contributed by atoms with Crippen molar-refractivity contribution in [3.05, 3.63) is 0 Å². The number of hydrogen-bond donors (Lipinski definition) is 2. The lowest BCUT2D eigenvalue weighted by molar-refractivity contribution is 0.0728. The number of aliphatic hydroxyl groups excluding tert-OH is 1. The Morgan fingerprint density at radius 1 is 1.19 bits per heavy atom. The molecule has 0 aromatic rings. The van der Waals surface area contributed by atoms with Crippen LogP contribution >= 0.6 is 0 Å². The first kappa shape index (κ1) is 14.0. The fourth-order valence-electron chi connectivity index (χ4n) is 2.83. The van der Waals surface area contributed by atoms with Crippen LogP contribution in [0.15, 0.2) is 0 Å². The van der Waals surface area contributed by atoms with E-state index in [2.05, 4.69) is 26.1 Å². The predicted octanol–water partition coefficient (Wildman–Crippen LogP) is 3.10. The van der Waals surface area contributed by atoms with Crippen LogP contribution in [0.4, 0.5) is 0 Å². The van der Waals surface area contributed by atoms with E-state index in [0.717, 1.165) is 6.54 Å². The monoisotopic (exact) mass is 227 g/mol. The maximum Gasteiger partial charge on any atom is 0.0499 e. The van der Waals surface area contributed by atoms with E-state index in [1.807, 2.05) is 0 Å². The molecule has 0 aromatic heterocycles. The van der Waals surface area contributed by atoms with E-state index < -0.39 is 0 Å². The summed E-state index contributed by atoms with van der Waals surface area (Å²) >= 11 is 0. The van der Waals surface area contributed by atoms with Crippen LogP contribution in [0.1, 0.15) is 65.7 Å². The number of hydrogen-bond acceptors (Lipinski definition) is 2. The van der Waals surface area contributed by atoms with Crippen molar-refractivity contribution in [1.82, 2.24) is 5.32 Å². The highest BCUT2D eigenvalue weighted by Crippen LogP contribution is 2.35. The first-order valence-electron chi connectivity index (χ1n) is 6.89. The molecule has 0 spiro atoms. The standard InChI is InChI=1S/C14H29NO/c1-4-8-13(2,3)15-11-14(12-16)9-6-5-7-10-14/h15-16H,4-12H2,1-3H3. The topological polar surface area (TPSA) is 32.3 Å². The summed E-state index contributed by atoms with van der Waals surface area (Å²) in [4.78, 5) is 0. The molecule has 0 aromatic carbocycles. The van der Waals surface area contributed by atoms with Gasteiger partial charge in [0.1, 0.15) is 0 Å². The van der Waals surface area contributed by atoms with Crippen LogP contribution in [-0.2, 0) is 0 Å². The van der Waals surface area contributed by atoms with E-state index in [1.165, 1.54) is 44.9 Å². The zero-order valence-corrected chi connectivity index (χ0v) is 11.3. The van der Waals surface area contributed by atoms with Crippen molar-refractivity contribution in [2.24, 2.45) is 5.41 Å². The van der Waals surface area contributed by atoms with Gasteiger partial charge in [0.15, 0.2) is 0 Å². The smallest absolute Gasteiger partial charge is 0.0499 e. The van der Waals surface area contributed by atoms with Crippen LogP contribution in [0.3, 0.4) is 0 Å². The zero-order valence-electron chi connectivity index (χ0n) is 11.3. The molecule has 16 heavy (non-hydrogen) atoms. The van der Waals surface area contributed by atoms with Crippen molar-refractivity contribution in [3.8, 4) is 0 Å². The van der Waals surface area contributed by atoms with Gasteiger partial charge in [-0.25, -0.2) is 0 Å². The van der Waals surface area contributed by atoms with Crippen molar-refractivity contribution >= 4 is 0 Å². The van der Waals surface area contributed by atoms with Crippen LogP contribution in [0.5, 0.6) is 0 Å². The summed E-state index contributed by atoms with van der Waals surface area (Å²) in [5, 5.41) is 13.3. The lowest BCUT2D eigenvalue weighted by Crippen LogP contribution is -2.47. The van der Waals surface area contributed by atoms with E-state index in [9.17, 15) is 5.11 Å². The Labute approximate surface area is 101 Å². The van der Waals surface area contributed by atoms with Crippen LogP contribution in [-0.4, -0.2) is 23.8 Å². The predicted molar refractivity (Wildman–Crippen MR) is 69.6 cm³/mol. The first-order valence-corrected chi connectivity index (χ1v) is 6.89. The summed E-state index contributed by atoms with van der Waals surface area (Å²) in [6.45, 7) is 8.10. The minimum atomic E-state index is 0.170. The minimum Gasteiger partial charge on any atom is -0.396 e. The van der Waals surface area contributed by atoms with Crippen LogP contribution in [0.25, 0.3) is 0 Å². The Bertz CT molecular complexity index is 195. The summed E-state index contributed by atoms with van der Waals surface area (Å²) in [7, 11) is 0. The van der Waals surface area contributed by atoms with Crippen molar-refractivity contribution < 1.29 is 5.11 Å². The highest BCUT2D eigenvalue weighted by atomic mass is 16.3. The van der Waals surface area contributed by atoms with E-state index in [1.54, 1.807) is 0 Å². The molecule has 0 radical (unpaired) electrons. The second-order valence-electron chi connectivity index (χ2n) is 6.21. The molecular weight excluding hydrogens is 198 g/mol. The summed E-state index contributed by atoms with van der Waals surface area (Å²) in [6, 6.07) is 0. The van der Waals surface area contributed by atoms with Crippen molar-refractivity contribution in [2.75, 3.05) is 13.2 Å². The van der Waals surface area contributed by atoms with E-state index in [-0.39, 0.29) is 11.0 Å². The quantitative estimate of drug-likeness (QED) is 0.731. The Morgan fingerprint density at radius 2 is 1.81 bits per heavy atom. The van der Waals surface area contributed by atoms with Gasteiger partial charge in [0.2, 0.25) is 0 Å². The summed E-state index contributed by atoms with van der Waals surface area (Å²) < 4.78 is 0. The first-order chi connectivity index (χ1) is 7.54. The molecule has 1 saturated carbocycles. The van der Waals surface area contributed by atoms with Gasteiger partial charge in [-0.3, -0.25) is 0 Å². The molecule has 0 amide bonds. The maximum absolute atomic E-state index is 9.63. The highest BCUT2D eigenvalue weighted by molar-refractivity contribution is 4.88. The van der Waals surface area contributed by atoms with Crippen LogP contribution in [0.2, 0.25) is 0 Å². The second kappa shape index (κ2) is 6.02. The van der Waals surface area contributed by atoms with Gasteiger partial charge in [-0.1, -0.05) is 32.6 Å². The highest BCUT2D eigenvalue weighted by Gasteiger charge is 2.32. The molecule has 0 unspecified atom stereocenters. The van der Waals surface area contributed by atoms with Gasteiger partial charge in [0, 0.05) is 24.1 Å². The SMILES string of the molecule is CCCC(C)(C)NCC1(CO)CCCCC1. The molecule has 0 heterocycles. The molecule has 96 valence electrons. The fraction of sp³-hybridized carbons (Fsp3) is 1.00. The lowest BCUT2D eigenvalue weighted by Gasteiger charge is -2.39. The molecule has 1 rings (SSSR count).